The number of piperazine rings is 1. The molecule has 0 amide bonds. The molecule has 1 saturated heterocycles. The van der Waals surface area contributed by atoms with Crippen molar-refractivity contribution in [2.24, 2.45) is 0 Å². The molecule has 0 spiro atoms. The minimum absolute atomic E-state index is 0.0892. The van der Waals surface area contributed by atoms with Gasteiger partial charge in [-0.3, -0.25) is 0 Å². The molecule has 1 aliphatic heterocycles. The molecule has 0 radical (unpaired) electrons. The van der Waals surface area contributed by atoms with E-state index in [2.05, 4.69) is 36.2 Å². The summed E-state index contributed by atoms with van der Waals surface area (Å²) in [4.78, 5) is 2.38. The van der Waals surface area contributed by atoms with E-state index < -0.39 is 0 Å². The monoisotopic (exact) mass is 264 g/mol. The lowest BCUT2D eigenvalue weighted by molar-refractivity contribution is 0.241. The molecule has 4 nitrogen and oxygen atoms in total. The molecule has 1 fully saturated rings. The molecule has 1 aromatic rings. The molecular formula is C15H24N2O2. The predicted molar refractivity (Wildman–Crippen MR) is 77.9 cm³/mol. The van der Waals surface area contributed by atoms with Crippen molar-refractivity contribution in [1.29, 1.82) is 0 Å². The van der Waals surface area contributed by atoms with Gasteiger partial charge in [-0.15, -0.1) is 0 Å². The van der Waals surface area contributed by atoms with Crippen LogP contribution in [0.3, 0.4) is 0 Å². The lowest BCUT2D eigenvalue weighted by Crippen LogP contribution is -2.62. The van der Waals surface area contributed by atoms with Gasteiger partial charge in [0.25, 0.3) is 0 Å². The maximum absolute atomic E-state index is 9.22. The average molecular weight is 264 g/mol. The third kappa shape index (κ3) is 3.39. The third-order valence-electron chi connectivity index (χ3n) is 3.69. The van der Waals surface area contributed by atoms with Gasteiger partial charge in [0.1, 0.15) is 5.75 Å². The zero-order chi connectivity index (χ0) is 13.9. The van der Waals surface area contributed by atoms with E-state index in [-0.39, 0.29) is 12.1 Å². The molecule has 1 aromatic carbocycles. The number of hydrogen-bond acceptors (Lipinski definition) is 4. The highest BCUT2D eigenvalue weighted by atomic mass is 16.5. The molecule has 1 atom stereocenters. The fourth-order valence-electron chi connectivity index (χ4n) is 2.60. The molecule has 0 aliphatic carbocycles. The smallest absolute Gasteiger partial charge is 0.119 e. The Balaban J connectivity index is 2.20. The number of aliphatic hydroxyl groups excluding tert-OH is 1. The highest BCUT2D eigenvalue weighted by molar-refractivity contribution is 5.51. The summed E-state index contributed by atoms with van der Waals surface area (Å²) < 4.78 is 5.20. The molecule has 4 heteroatoms. The second-order valence-electron chi connectivity index (χ2n) is 5.76. The van der Waals surface area contributed by atoms with Crippen molar-refractivity contribution in [2.75, 3.05) is 31.7 Å². The van der Waals surface area contributed by atoms with E-state index in [1.807, 2.05) is 12.1 Å². The van der Waals surface area contributed by atoms with Crippen LogP contribution in [0.2, 0.25) is 0 Å². The predicted octanol–water partition coefficient (Wildman–Crippen LogP) is 1.63. The molecule has 19 heavy (non-hydrogen) atoms. The van der Waals surface area contributed by atoms with Crippen LogP contribution in [-0.4, -0.2) is 43.5 Å². The van der Waals surface area contributed by atoms with Gasteiger partial charge in [-0.1, -0.05) is 0 Å². The molecule has 106 valence electrons. The van der Waals surface area contributed by atoms with Crippen molar-refractivity contribution in [1.82, 2.24) is 5.32 Å². The number of ether oxygens (including phenoxy) is 1. The number of aliphatic hydroxyl groups is 1. The summed E-state index contributed by atoms with van der Waals surface area (Å²) in [5, 5.41) is 12.8. The standard InChI is InChI=1S/C15H24N2O2/c1-15(2)11-17(13(8-9-18)10-16-15)12-4-6-14(19-3)7-5-12/h4-7,13,16,18H,8-11H2,1-3H3. The van der Waals surface area contributed by atoms with Crippen LogP contribution < -0.4 is 15.0 Å². The van der Waals surface area contributed by atoms with Crippen LogP contribution in [0, 0.1) is 0 Å². The molecule has 1 unspecified atom stereocenters. The quantitative estimate of drug-likeness (QED) is 0.867. The zero-order valence-electron chi connectivity index (χ0n) is 12.0. The summed E-state index contributed by atoms with van der Waals surface area (Å²) in [6.45, 7) is 6.47. The Morgan fingerprint density at radius 3 is 2.63 bits per heavy atom. The maximum Gasteiger partial charge on any atom is 0.119 e. The molecule has 0 aromatic heterocycles. The fraction of sp³-hybridized carbons (Fsp3) is 0.600. The molecule has 0 saturated carbocycles. The first-order chi connectivity index (χ1) is 9.05. The van der Waals surface area contributed by atoms with Gasteiger partial charge in [-0.05, 0) is 44.5 Å². The van der Waals surface area contributed by atoms with E-state index in [4.69, 9.17) is 4.74 Å². The van der Waals surface area contributed by atoms with Crippen molar-refractivity contribution >= 4 is 5.69 Å². The lowest BCUT2D eigenvalue weighted by atomic mass is 9.96. The average Bonchev–Trinajstić information content (AvgIpc) is 2.41. The molecular weight excluding hydrogens is 240 g/mol. The Bertz CT molecular complexity index is 403. The summed E-state index contributed by atoms with van der Waals surface area (Å²) in [7, 11) is 1.68. The van der Waals surface area contributed by atoms with Crippen molar-refractivity contribution in [3.8, 4) is 5.75 Å². The van der Waals surface area contributed by atoms with Gasteiger partial charge in [0.05, 0.1) is 7.11 Å². The van der Waals surface area contributed by atoms with Crippen LogP contribution in [0.15, 0.2) is 24.3 Å². The Morgan fingerprint density at radius 2 is 2.05 bits per heavy atom. The van der Waals surface area contributed by atoms with Crippen LogP contribution in [0.4, 0.5) is 5.69 Å². The summed E-state index contributed by atoms with van der Waals surface area (Å²) in [6.07, 6.45) is 0.787. The number of anilines is 1. The van der Waals surface area contributed by atoms with Crippen LogP contribution in [0.1, 0.15) is 20.3 Å². The van der Waals surface area contributed by atoms with Crippen LogP contribution in [-0.2, 0) is 0 Å². The van der Waals surface area contributed by atoms with Gasteiger partial charge in [0.2, 0.25) is 0 Å². The SMILES string of the molecule is COc1ccc(N2CC(C)(C)NCC2CCO)cc1. The van der Waals surface area contributed by atoms with Gasteiger partial charge in [0, 0.05) is 37.0 Å². The topological polar surface area (TPSA) is 44.7 Å². The molecule has 2 rings (SSSR count). The highest BCUT2D eigenvalue weighted by Crippen LogP contribution is 2.26. The van der Waals surface area contributed by atoms with Gasteiger partial charge < -0.3 is 20.1 Å². The second kappa shape index (κ2) is 5.80. The minimum atomic E-state index is 0.0892. The largest absolute Gasteiger partial charge is 0.497 e. The Labute approximate surface area is 115 Å². The molecule has 1 heterocycles. The van der Waals surface area contributed by atoms with Crippen LogP contribution in [0.5, 0.6) is 5.75 Å². The first-order valence-corrected chi connectivity index (χ1v) is 6.82. The summed E-state index contributed by atoms with van der Waals surface area (Å²) >= 11 is 0. The zero-order valence-corrected chi connectivity index (χ0v) is 12.0. The van der Waals surface area contributed by atoms with Crippen molar-refractivity contribution in [3.05, 3.63) is 24.3 Å². The number of benzene rings is 1. The number of methoxy groups -OCH3 is 1. The summed E-state index contributed by atoms with van der Waals surface area (Å²) in [5.74, 6) is 0.872. The Morgan fingerprint density at radius 1 is 1.37 bits per heavy atom. The Hall–Kier alpha value is -1.26. The van der Waals surface area contributed by atoms with E-state index in [9.17, 15) is 5.11 Å². The van der Waals surface area contributed by atoms with Crippen molar-refractivity contribution < 1.29 is 9.84 Å². The lowest BCUT2D eigenvalue weighted by Gasteiger charge is -2.46. The second-order valence-corrected chi connectivity index (χ2v) is 5.76. The summed E-state index contributed by atoms with van der Waals surface area (Å²) in [6, 6.07) is 8.49. The number of rotatable bonds is 4. The Kier molecular flexibility index (Phi) is 4.32. The normalized spacial score (nSPS) is 22.3. The molecule has 2 N–H and O–H groups in total. The van der Waals surface area contributed by atoms with Crippen LogP contribution in [0.25, 0.3) is 0 Å². The number of hydrogen-bond donors (Lipinski definition) is 2. The van der Waals surface area contributed by atoms with E-state index in [0.29, 0.717) is 6.04 Å². The van der Waals surface area contributed by atoms with Gasteiger partial charge in [0.15, 0.2) is 0 Å². The van der Waals surface area contributed by atoms with E-state index in [1.165, 1.54) is 5.69 Å². The van der Waals surface area contributed by atoms with E-state index in [0.717, 1.165) is 25.3 Å². The van der Waals surface area contributed by atoms with Crippen molar-refractivity contribution in [2.45, 2.75) is 31.8 Å². The first-order valence-electron chi connectivity index (χ1n) is 6.82. The van der Waals surface area contributed by atoms with Gasteiger partial charge in [-0.25, -0.2) is 0 Å². The van der Waals surface area contributed by atoms with Crippen molar-refractivity contribution in [3.63, 3.8) is 0 Å². The third-order valence-corrected chi connectivity index (χ3v) is 3.69. The molecule has 0 bridgehead atoms. The van der Waals surface area contributed by atoms with Crippen LogP contribution >= 0.6 is 0 Å². The summed E-state index contributed by atoms with van der Waals surface area (Å²) in [5.41, 5.74) is 1.28. The van der Waals surface area contributed by atoms with E-state index >= 15 is 0 Å². The number of nitrogens with zero attached hydrogens (tertiary/aromatic N) is 1. The fourth-order valence-corrected chi connectivity index (χ4v) is 2.60. The minimum Gasteiger partial charge on any atom is -0.497 e. The molecule has 1 aliphatic rings. The van der Waals surface area contributed by atoms with E-state index in [1.54, 1.807) is 7.11 Å². The highest BCUT2D eigenvalue weighted by Gasteiger charge is 2.32. The van der Waals surface area contributed by atoms with Gasteiger partial charge in [-0.2, -0.15) is 0 Å². The number of nitrogens with one attached hydrogen (secondary N) is 1. The van der Waals surface area contributed by atoms with Gasteiger partial charge >= 0.3 is 0 Å². The first kappa shape index (κ1) is 14.2. The maximum atomic E-state index is 9.22.